The lowest BCUT2D eigenvalue weighted by Crippen LogP contribution is -2.37. The van der Waals surface area contributed by atoms with Crippen LogP contribution < -0.4 is 5.32 Å². The fraction of sp³-hybridized carbons (Fsp3) is 0.875. The van der Waals surface area contributed by atoms with Crippen LogP contribution in [-0.4, -0.2) is 48.2 Å². The molecule has 1 heterocycles. The number of likely N-dealkylation sites (N-methyl/N-ethyl adjacent to an activating group) is 1. The molecule has 4 heteroatoms. The maximum absolute atomic E-state index is 11.3. The van der Waals surface area contributed by atoms with E-state index in [-0.39, 0.29) is 12.0 Å². The molecule has 1 amide bonds. The first-order valence-corrected chi connectivity index (χ1v) is 4.40. The first-order valence-electron chi connectivity index (χ1n) is 4.40. The van der Waals surface area contributed by atoms with Crippen LogP contribution in [0.25, 0.3) is 0 Å². The van der Waals surface area contributed by atoms with Crippen LogP contribution in [0.2, 0.25) is 0 Å². The number of nitrogens with one attached hydrogen (secondary N) is 1. The van der Waals surface area contributed by atoms with E-state index in [0.29, 0.717) is 19.6 Å². The monoisotopic (exact) mass is 172 g/mol. The predicted octanol–water partition coefficient (Wildman–Crippen LogP) is -0.811. The van der Waals surface area contributed by atoms with Crippen LogP contribution in [0.1, 0.15) is 13.3 Å². The summed E-state index contributed by atoms with van der Waals surface area (Å²) in [5, 5.41) is 12.1. The molecule has 1 aliphatic rings. The zero-order valence-electron chi connectivity index (χ0n) is 7.42. The van der Waals surface area contributed by atoms with E-state index in [1.165, 1.54) is 0 Å². The molecule has 0 saturated carbocycles. The number of amides is 1. The fourth-order valence-corrected chi connectivity index (χ4v) is 1.31. The van der Waals surface area contributed by atoms with Crippen LogP contribution in [0, 0.1) is 0 Å². The normalized spacial score (nSPS) is 23.2. The molecule has 1 saturated heterocycles. The average Bonchev–Trinajstić information content (AvgIpc) is 2.47. The highest BCUT2D eigenvalue weighted by Gasteiger charge is 2.23. The van der Waals surface area contributed by atoms with Crippen molar-refractivity contribution in [3.8, 4) is 0 Å². The van der Waals surface area contributed by atoms with E-state index in [1.807, 2.05) is 6.92 Å². The van der Waals surface area contributed by atoms with E-state index >= 15 is 0 Å². The Morgan fingerprint density at radius 3 is 3.00 bits per heavy atom. The highest BCUT2D eigenvalue weighted by Crippen LogP contribution is 2.07. The molecule has 12 heavy (non-hydrogen) atoms. The third-order valence-corrected chi connectivity index (χ3v) is 2.04. The Hall–Kier alpha value is -0.610. The van der Waals surface area contributed by atoms with Gasteiger partial charge in [0.1, 0.15) is 0 Å². The first-order chi connectivity index (χ1) is 5.74. The zero-order chi connectivity index (χ0) is 8.97. The van der Waals surface area contributed by atoms with E-state index in [1.54, 1.807) is 4.90 Å². The summed E-state index contributed by atoms with van der Waals surface area (Å²) in [4.78, 5) is 13.0. The molecule has 70 valence electrons. The summed E-state index contributed by atoms with van der Waals surface area (Å²) >= 11 is 0. The van der Waals surface area contributed by atoms with Gasteiger partial charge < -0.3 is 15.3 Å². The van der Waals surface area contributed by atoms with Crippen molar-refractivity contribution >= 4 is 5.91 Å². The SMILES string of the molecule is CCNCC(=O)N1CC[C@@H](O)C1. The van der Waals surface area contributed by atoms with Gasteiger partial charge in [-0.05, 0) is 13.0 Å². The van der Waals surface area contributed by atoms with E-state index < -0.39 is 0 Å². The van der Waals surface area contributed by atoms with Gasteiger partial charge >= 0.3 is 0 Å². The molecule has 0 spiro atoms. The molecule has 2 N–H and O–H groups in total. The van der Waals surface area contributed by atoms with Crippen LogP contribution in [0.5, 0.6) is 0 Å². The molecule has 1 fully saturated rings. The number of aliphatic hydroxyl groups is 1. The third-order valence-electron chi connectivity index (χ3n) is 2.04. The lowest BCUT2D eigenvalue weighted by molar-refractivity contribution is -0.129. The van der Waals surface area contributed by atoms with E-state index in [9.17, 15) is 4.79 Å². The molecule has 4 nitrogen and oxygen atoms in total. The van der Waals surface area contributed by atoms with Gasteiger partial charge in [0.15, 0.2) is 0 Å². The molecule has 0 unspecified atom stereocenters. The average molecular weight is 172 g/mol. The summed E-state index contributed by atoms with van der Waals surface area (Å²) in [7, 11) is 0. The molecule has 0 aliphatic carbocycles. The number of carbonyl (C=O) groups is 1. The molecular formula is C8H16N2O2. The van der Waals surface area contributed by atoms with Crippen molar-refractivity contribution in [3.63, 3.8) is 0 Å². The Kier molecular flexibility index (Phi) is 3.49. The summed E-state index contributed by atoms with van der Waals surface area (Å²) in [6.07, 6.45) is 0.410. The molecule has 0 aromatic heterocycles. The molecule has 1 rings (SSSR count). The zero-order valence-corrected chi connectivity index (χ0v) is 7.42. The van der Waals surface area contributed by atoms with Gasteiger partial charge in [-0.15, -0.1) is 0 Å². The van der Waals surface area contributed by atoms with E-state index in [0.717, 1.165) is 13.0 Å². The summed E-state index contributed by atoms with van der Waals surface area (Å²) in [5.74, 6) is 0.0911. The van der Waals surface area contributed by atoms with Crippen LogP contribution >= 0.6 is 0 Å². The van der Waals surface area contributed by atoms with E-state index in [2.05, 4.69) is 5.32 Å². The number of nitrogens with zero attached hydrogens (tertiary/aromatic N) is 1. The third kappa shape index (κ3) is 2.46. The standard InChI is InChI=1S/C8H16N2O2/c1-2-9-5-8(12)10-4-3-7(11)6-10/h7,9,11H,2-6H2,1H3/t7-/m1/s1. The number of hydrogen-bond acceptors (Lipinski definition) is 3. The van der Waals surface area contributed by atoms with Crippen molar-refractivity contribution in [1.29, 1.82) is 0 Å². The molecule has 0 aromatic rings. The van der Waals surface area contributed by atoms with Crippen molar-refractivity contribution in [2.75, 3.05) is 26.2 Å². The molecule has 0 aromatic carbocycles. The number of hydrogen-bond donors (Lipinski definition) is 2. The minimum Gasteiger partial charge on any atom is -0.391 e. The molecule has 1 aliphatic heterocycles. The molecular weight excluding hydrogens is 156 g/mol. The van der Waals surface area contributed by atoms with Crippen LogP contribution in [-0.2, 0) is 4.79 Å². The minimum absolute atomic E-state index is 0.0911. The van der Waals surface area contributed by atoms with Gasteiger partial charge in [-0.2, -0.15) is 0 Å². The van der Waals surface area contributed by atoms with Gasteiger partial charge in [-0.1, -0.05) is 6.92 Å². The summed E-state index contributed by atoms with van der Waals surface area (Å²) in [6, 6.07) is 0. The van der Waals surface area contributed by atoms with Gasteiger partial charge in [0, 0.05) is 13.1 Å². The summed E-state index contributed by atoms with van der Waals surface area (Å²) < 4.78 is 0. The Morgan fingerprint density at radius 1 is 1.75 bits per heavy atom. The minimum atomic E-state index is -0.310. The van der Waals surface area contributed by atoms with Crippen molar-refractivity contribution in [1.82, 2.24) is 10.2 Å². The van der Waals surface area contributed by atoms with Gasteiger partial charge in [0.2, 0.25) is 5.91 Å². The second-order valence-corrected chi connectivity index (χ2v) is 3.06. The Bertz CT molecular complexity index is 161. The van der Waals surface area contributed by atoms with Crippen LogP contribution in [0.3, 0.4) is 0 Å². The van der Waals surface area contributed by atoms with E-state index in [4.69, 9.17) is 5.11 Å². The quantitative estimate of drug-likeness (QED) is 0.585. The maximum atomic E-state index is 11.3. The lowest BCUT2D eigenvalue weighted by atomic mass is 10.3. The number of likely N-dealkylation sites (tertiary alicyclic amines) is 1. The molecule has 1 atom stereocenters. The molecule has 0 bridgehead atoms. The Labute approximate surface area is 72.6 Å². The lowest BCUT2D eigenvalue weighted by Gasteiger charge is -2.15. The van der Waals surface area contributed by atoms with Crippen LogP contribution in [0.4, 0.5) is 0 Å². The Balaban J connectivity index is 2.23. The predicted molar refractivity (Wildman–Crippen MR) is 45.7 cm³/mol. The smallest absolute Gasteiger partial charge is 0.236 e. The summed E-state index contributed by atoms with van der Waals surface area (Å²) in [6.45, 7) is 4.37. The first kappa shape index (κ1) is 9.48. The van der Waals surface area contributed by atoms with Gasteiger partial charge in [0.05, 0.1) is 12.6 Å². The van der Waals surface area contributed by atoms with Gasteiger partial charge in [-0.25, -0.2) is 0 Å². The van der Waals surface area contributed by atoms with Gasteiger partial charge in [-0.3, -0.25) is 4.79 Å². The highest BCUT2D eigenvalue weighted by atomic mass is 16.3. The molecule has 0 radical (unpaired) electrons. The largest absolute Gasteiger partial charge is 0.391 e. The fourth-order valence-electron chi connectivity index (χ4n) is 1.31. The number of aliphatic hydroxyl groups excluding tert-OH is 1. The second-order valence-electron chi connectivity index (χ2n) is 3.06. The topological polar surface area (TPSA) is 52.6 Å². The van der Waals surface area contributed by atoms with Crippen LogP contribution in [0.15, 0.2) is 0 Å². The maximum Gasteiger partial charge on any atom is 0.236 e. The number of β-amino-alcohol motifs (C(OH)–C–C–N with tert-alkyl or cyclic N) is 1. The van der Waals surface area contributed by atoms with Crippen molar-refractivity contribution in [3.05, 3.63) is 0 Å². The number of carbonyl (C=O) groups excluding carboxylic acids is 1. The summed E-state index contributed by atoms with van der Waals surface area (Å²) in [5.41, 5.74) is 0. The Morgan fingerprint density at radius 2 is 2.50 bits per heavy atom. The van der Waals surface area contributed by atoms with Crippen molar-refractivity contribution < 1.29 is 9.90 Å². The van der Waals surface area contributed by atoms with Crippen molar-refractivity contribution in [2.45, 2.75) is 19.4 Å². The second kappa shape index (κ2) is 4.42. The number of rotatable bonds is 3. The highest BCUT2D eigenvalue weighted by molar-refractivity contribution is 5.78. The van der Waals surface area contributed by atoms with Crippen molar-refractivity contribution in [2.24, 2.45) is 0 Å². The van der Waals surface area contributed by atoms with Gasteiger partial charge in [0.25, 0.3) is 0 Å².